The van der Waals surface area contributed by atoms with Crippen molar-refractivity contribution in [2.75, 3.05) is 20.2 Å². The molecule has 156 valence electrons. The Balaban J connectivity index is 3.35. The minimum atomic E-state index is -3.51. The zero-order valence-electron chi connectivity index (χ0n) is 17.5. The highest BCUT2D eigenvalue weighted by molar-refractivity contribution is 7.84. The number of hydrogen-bond donors (Lipinski definition) is 0. The van der Waals surface area contributed by atoms with E-state index in [1.165, 1.54) is 81.4 Å². The zero-order chi connectivity index (χ0) is 19.5. The molecule has 0 saturated heterocycles. The molecule has 0 heterocycles. The van der Waals surface area contributed by atoms with Crippen molar-refractivity contribution in [1.29, 1.82) is 0 Å². The summed E-state index contributed by atoms with van der Waals surface area (Å²) in [5.74, 6) is 0. The van der Waals surface area contributed by atoms with Gasteiger partial charge in [0.2, 0.25) is 0 Å². The molecule has 0 aliphatic heterocycles. The Morgan fingerprint density at radius 2 is 1.19 bits per heavy atom. The highest BCUT2D eigenvalue weighted by Gasteiger charge is 2.16. The average Bonchev–Trinajstić information content (AvgIpc) is 2.61. The van der Waals surface area contributed by atoms with Crippen LogP contribution in [0.5, 0.6) is 0 Å². The zero-order valence-corrected chi connectivity index (χ0v) is 18.4. The van der Waals surface area contributed by atoms with Crippen molar-refractivity contribution in [2.45, 2.75) is 104 Å². The SMILES string of the molecule is CCCCCCCC/C=C\CCCCCCCCN(C)S(=O)(=O)OCC. The molecule has 0 atom stereocenters. The Morgan fingerprint density at radius 3 is 1.69 bits per heavy atom. The lowest BCUT2D eigenvalue weighted by Crippen LogP contribution is -2.29. The van der Waals surface area contributed by atoms with E-state index in [0.29, 0.717) is 6.54 Å². The van der Waals surface area contributed by atoms with E-state index in [4.69, 9.17) is 4.18 Å². The van der Waals surface area contributed by atoms with Crippen LogP contribution in [0.15, 0.2) is 12.2 Å². The van der Waals surface area contributed by atoms with E-state index in [1.54, 1.807) is 14.0 Å². The summed E-state index contributed by atoms with van der Waals surface area (Å²) in [5, 5.41) is 0. The maximum absolute atomic E-state index is 11.6. The topological polar surface area (TPSA) is 46.6 Å². The number of nitrogens with zero attached hydrogens (tertiary/aromatic N) is 1. The molecule has 26 heavy (non-hydrogen) atoms. The van der Waals surface area contributed by atoms with Gasteiger partial charge in [0.05, 0.1) is 6.61 Å². The fraction of sp³-hybridized carbons (Fsp3) is 0.905. The smallest absolute Gasteiger partial charge is 0.258 e. The maximum atomic E-state index is 11.6. The van der Waals surface area contributed by atoms with Crippen molar-refractivity contribution in [3.8, 4) is 0 Å². The summed E-state index contributed by atoms with van der Waals surface area (Å²) in [5.41, 5.74) is 0. The standard InChI is InChI=1S/C21H43NO3S/c1-4-6-7-8-9-10-11-12-13-14-15-16-17-18-19-20-21-22(3)26(23,24)25-5-2/h12-13H,4-11,14-21H2,1-3H3/b13-12-. The summed E-state index contributed by atoms with van der Waals surface area (Å²) in [6, 6.07) is 0. The van der Waals surface area contributed by atoms with Crippen molar-refractivity contribution in [3.05, 3.63) is 12.2 Å². The Morgan fingerprint density at radius 1 is 0.731 bits per heavy atom. The van der Waals surface area contributed by atoms with E-state index in [0.717, 1.165) is 12.8 Å². The molecule has 0 rings (SSSR count). The molecule has 4 nitrogen and oxygen atoms in total. The Bertz CT molecular complexity index is 421. The number of allylic oxidation sites excluding steroid dienone is 2. The fourth-order valence-electron chi connectivity index (χ4n) is 2.93. The number of rotatable bonds is 19. The summed E-state index contributed by atoms with van der Waals surface area (Å²) >= 11 is 0. The second-order valence-electron chi connectivity index (χ2n) is 7.12. The van der Waals surface area contributed by atoms with Gasteiger partial charge in [-0.15, -0.1) is 0 Å². The van der Waals surface area contributed by atoms with Crippen molar-refractivity contribution in [2.24, 2.45) is 0 Å². The molecular weight excluding hydrogens is 346 g/mol. The van der Waals surface area contributed by atoms with Gasteiger partial charge in [0, 0.05) is 13.6 Å². The summed E-state index contributed by atoms with van der Waals surface area (Å²) < 4.78 is 29.3. The van der Waals surface area contributed by atoms with Crippen LogP contribution < -0.4 is 0 Å². The largest absolute Gasteiger partial charge is 0.338 e. The third-order valence-electron chi connectivity index (χ3n) is 4.63. The predicted octanol–water partition coefficient (Wildman–Crippen LogP) is 6.24. The second kappa shape index (κ2) is 18.0. The van der Waals surface area contributed by atoms with Crippen LogP contribution in [0.1, 0.15) is 104 Å². The molecule has 0 spiro atoms. The molecular formula is C21H43NO3S. The summed E-state index contributed by atoms with van der Waals surface area (Å²) in [6.45, 7) is 4.69. The molecule has 0 aliphatic carbocycles. The molecule has 0 aliphatic rings. The van der Waals surface area contributed by atoms with Gasteiger partial charge in [-0.25, -0.2) is 0 Å². The van der Waals surface area contributed by atoms with Crippen LogP contribution in [-0.2, 0) is 14.5 Å². The van der Waals surface area contributed by atoms with Gasteiger partial charge in [-0.05, 0) is 39.0 Å². The van der Waals surface area contributed by atoms with E-state index in [2.05, 4.69) is 19.1 Å². The molecule has 5 heteroatoms. The minimum Gasteiger partial charge on any atom is -0.258 e. The van der Waals surface area contributed by atoms with Crippen LogP contribution in [0.3, 0.4) is 0 Å². The van der Waals surface area contributed by atoms with Gasteiger partial charge >= 0.3 is 10.3 Å². The van der Waals surface area contributed by atoms with Crippen LogP contribution in [0.25, 0.3) is 0 Å². The molecule has 0 aromatic heterocycles. The molecule has 0 fully saturated rings. The van der Waals surface area contributed by atoms with E-state index in [-0.39, 0.29) is 6.61 Å². The average molecular weight is 390 g/mol. The van der Waals surface area contributed by atoms with Gasteiger partial charge in [-0.1, -0.05) is 76.9 Å². The highest BCUT2D eigenvalue weighted by Crippen LogP contribution is 2.11. The third-order valence-corrected chi connectivity index (χ3v) is 6.11. The first kappa shape index (κ1) is 25.6. The first-order valence-corrected chi connectivity index (χ1v) is 12.2. The van der Waals surface area contributed by atoms with Crippen LogP contribution in [0.4, 0.5) is 0 Å². The first-order valence-electron chi connectivity index (χ1n) is 10.8. The van der Waals surface area contributed by atoms with Crippen molar-refractivity contribution in [1.82, 2.24) is 4.31 Å². The lowest BCUT2D eigenvalue weighted by molar-refractivity contribution is 0.291. The first-order chi connectivity index (χ1) is 12.5. The van der Waals surface area contributed by atoms with Gasteiger partial charge in [0.1, 0.15) is 0 Å². The summed E-state index contributed by atoms with van der Waals surface area (Å²) in [7, 11) is -1.92. The van der Waals surface area contributed by atoms with E-state index in [9.17, 15) is 8.42 Å². The minimum absolute atomic E-state index is 0.195. The van der Waals surface area contributed by atoms with Gasteiger partial charge in [-0.2, -0.15) is 12.7 Å². The Kier molecular flexibility index (Phi) is 17.7. The van der Waals surface area contributed by atoms with E-state index in [1.807, 2.05) is 0 Å². The Hall–Kier alpha value is -0.390. The number of unbranched alkanes of at least 4 members (excludes halogenated alkanes) is 12. The van der Waals surface area contributed by atoms with E-state index >= 15 is 0 Å². The van der Waals surface area contributed by atoms with Crippen LogP contribution in [0, 0.1) is 0 Å². The van der Waals surface area contributed by atoms with Gasteiger partial charge in [0.15, 0.2) is 0 Å². The molecule has 0 radical (unpaired) electrons. The fourth-order valence-corrected chi connectivity index (χ4v) is 3.76. The maximum Gasteiger partial charge on any atom is 0.338 e. The summed E-state index contributed by atoms with van der Waals surface area (Å²) in [4.78, 5) is 0. The van der Waals surface area contributed by atoms with Crippen LogP contribution in [0.2, 0.25) is 0 Å². The molecule has 0 N–H and O–H groups in total. The molecule has 0 unspecified atom stereocenters. The quantitative estimate of drug-likeness (QED) is 0.194. The molecule has 0 saturated carbocycles. The van der Waals surface area contributed by atoms with Crippen molar-refractivity contribution in [3.63, 3.8) is 0 Å². The third kappa shape index (κ3) is 15.8. The van der Waals surface area contributed by atoms with Gasteiger partial charge in [0.25, 0.3) is 0 Å². The normalized spacial score (nSPS) is 12.5. The molecule has 0 amide bonds. The molecule has 0 aromatic rings. The van der Waals surface area contributed by atoms with Gasteiger partial charge in [-0.3, -0.25) is 4.18 Å². The van der Waals surface area contributed by atoms with Crippen molar-refractivity contribution >= 4 is 10.3 Å². The Labute approximate surface area is 163 Å². The van der Waals surface area contributed by atoms with Crippen molar-refractivity contribution < 1.29 is 12.6 Å². The lowest BCUT2D eigenvalue weighted by atomic mass is 10.1. The monoisotopic (exact) mass is 389 g/mol. The second-order valence-corrected chi connectivity index (χ2v) is 8.84. The van der Waals surface area contributed by atoms with Crippen LogP contribution in [-0.4, -0.2) is 32.9 Å². The predicted molar refractivity (Wildman–Crippen MR) is 113 cm³/mol. The van der Waals surface area contributed by atoms with Crippen LogP contribution >= 0.6 is 0 Å². The van der Waals surface area contributed by atoms with E-state index < -0.39 is 10.3 Å². The molecule has 0 aromatic carbocycles. The number of hydrogen-bond acceptors (Lipinski definition) is 3. The molecule has 0 bridgehead atoms. The summed E-state index contributed by atoms with van der Waals surface area (Å²) in [6.07, 6.45) is 22.3. The highest BCUT2D eigenvalue weighted by atomic mass is 32.2. The lowest BCUT2D eigenvalue weighted by Gasteiger charge is -2.15. The van der Waals surface area contributed by atoms with Gasteiger partial charge < -0.3 is 0 Å².